The number of rotatable bonds is 0. The first-order valence-corrected chi connectivity index (χ1v) is 4.90. The minimum absolute atomic E-state index is 0.245. The van der Waals surface area contributed by atoms with Gasteiger partial charge in [-0.1, -0.05) is 0 Å². The molecule has 15 heavy (non-hydrogen) atoms. The van der Waals surface area contributed by atoms with E-state index in [1.807, 2.05) is 13.8 Å². The van der Waals surface area contributed by atoms with Crippen LogP contribution < -0.4 is 10.1 Å². The van der Waals surface area contributed by atoms with E-state index >= 15 is 0 Å². The van der Waals surface area contributed by atoms with Crippen LogP contribution in [0.5, 0.6) is 5.75 Å². The summed E-state index contributed by atoms with van der Waals surface area (Å²) in [6, 6.07) is 2.06. The molecule has 0 fully saturated rings. The lowest BCUT2D eigenvalue weighted by molar-refractivity contribution is 0.108. The van der Waals surface area contributed by atoms with Crippen LogP contribution in [0.25, 0.3) is 0 Å². The second kappa shape index (κ2) is 3.36. The average molecular weight is 213 g/mol. The van der Waals surface area contributed by atoms with Gasteiger partial charge in [0.2, 0.25) is 0 Å². The van der Waals surface area contributed by atoms with Crippen molar-refractivity contribution in [3.8, 4) is 5.75 Å². The number of hydrogen-bond donors (Lipinski definition) is 1. The van der Waals surface area contributed by atoms with Crippen molar-refractivity contribution >= 4 is 5.69 Å². The molecule has 1 aliphatic heterocycles. The first-order valence-electron chi connectivity index (χ1n) is 4.90. The third-order valence-electron chi connectivity index (χ3n) is 2.43. The molecule has 1 aliphatic rings. The van der Waals surface area contributed by atoms with Crippen LogP contribution in [0.4, 0.5) is 14.5 Å². The van der Waals surface area contributed by atoms with Gasteiger partial charge in [0.15, 0.2) is 5.82 Å². The van der Waals surface area contributed by atoms with Gasteiger partial charge in [-0.15, -0.1) is 0 Å². The SMILES string of the molecule is CC1(C)CCNc2c(F)cc(F)cc2O1. The summed E-state index contributed by atoms with van der Waals surface area (Å²) >= 11 is 0. The molecule has 2 nitrogen and oxygen atoms in total. The fourth-order valence-corrected chi connectivity index (χ4v) is 1.64. The van der Waals surface area contributed by atoms with Gasteiger partial charge in [-0.25, -0.2) is 8.78 Å². The van der Waals surface area contributed by atoms with Crippen LogP contribution in [-0.4, -0.2) is 12.1 Å². The van der Waals surface area contributed by atoms with Crippen molar-refractivity contribution in [3.05, 3.63) is 23.8 Å². The van der Waals surface area contributed by atoms with Crippen molar-refractivity contribution in [3.63, 3.8) is 0 Å². The van der Waals surface area contributed by atoms with Gasteiger partial charge in [0.1, 0.15) is 22.9 Å². The van der Waals surface area contributed by atoms with Crippen LogP contribution in [0.1, 0.15) is 20.3 Å². The van der Waals surface area contributed by atoms with Crippen molar-refractivity contribution in [2.75, 3.05) is 11.9 Å². The van der Waals surface area contributed by atoms with Crippen LogP contribution in [-0.2, 0) is 0 Å². The molecule has 0 saturated heterocycles. The van der Waals surface area contributed by atoms with E-state index in [1.54, 1.807) is 0 Å². The third-order valence-corrected chi connectivity index (χ3v) is 2.43. The molecule has 0 aliphatic carbocycles. The molecule has 0 saturated carbocycles. The predicted molar refractivity (Wildman–Crippen MR) is 54.2 cm³/mol. The van der Waals surface area contributed by atoms with Gasteiger partial charge < -0.3 is 10.1 Å². The third kappa shape index (κ3) is 2.03. The van der Waals surface area contributed by atoms with E-state index in [-0.39, 0.29) is 11.4 Å². The first kappa shape index (κ1) is 10.2. The molecule has 0 atom stereocenters. The van der Waals surface area contributed by atoms with E-state index in [0.29, 0.717) is 6.54 Å². The zero-order chi connectivity index (χ0) is 11.1. The van der Waals surface area contributed by atoms with Crippen LogP contribution in [0.15, 0.2) is 12.1 Å². The minimum atomic E-state index is -0.620. The van der Waals surface area contributed by atoms with Crippen LogP contribution >= 0.6 is 0 Å². The highest BCUT2D eigenvalue weighted by molar-refractivity contribution is 5.58. The highest BCUT2D eigenvalue weighted by Crippen LogP contribution is 2.34. The molecule has 0 bridgehead atoms. The monoisotopic (exact) mass is 213 g/mol. The fourth-order valence-electron chi connectivity index (χ4n) is 1.64. The molecule has 1 aromatic rings. The molecular weight excluding hydrogens is 200 g/mol. The molecular formula is C11H13F2NO. The van der Waals surface area contributed by atoms with Crippen molar-refractivity contribution in [1.29, 1.82) is 0 Å². The van der Waals surface area contributed by atoms with Crippen molar-refractivity contribution in [2.24, 2.45) is 0 Å². The Balaban J connectivity index is 2.47. The summed E-state index contributed by atoms with van der Waals surface area (Å²) in [6.45, 7) is 4.40. The summed E-state index contributed by atoms with van der Waals surface area (Å²) in [4.78, 5) is 0. The van der Waals surface area contributed by atoms with Gasteiger partial charge in [-0.3, -0.25) is 0 Å². The Morgan fingerprint density at radius 2 is 2.07 bits per heavy atom. The topological polar surface area (TPSA) is 21.3 Å². The number of hydrogen-bond acceptors (Lipinski definition) is 2. The smallest absolute Gasteiger partial charge is 0.153 e. The van der Waals surface area contributed by atoms with Crippen LogP contribution in [0, 0.1) is 11.6 Å². The second-order valence-electron chi connectivity index (χ2n) is 4.30. The number of anilines is 1. The van der Waals surface area contributed by atoms with Crippen LogP contribution in [0.3, 0.4) is 0 Å². The Kier molecular flexibility index (Phi) is 2.29. The number of benzene rings is 1. The number of ether oxygens (including phenoxy) is 1. The standard InChI is InChI=1S/C11H13F2NO/c1-11(2)3-4-14-10-8(13)5-7(12)6-9(10)15-11/h5-6,14H,3-4H2,1-2H3. The van der Waals surface area contributed by atoms with Gasteiger partial charge in [0.05, 0.1) is 0 Å². The first-order chi connectivity index (χ1) is 6.98. The molecule has 1 aromatic carbocycles. The summed E-state index contributed by atoms with van der Waals surface area (Å²) in [7, 11) is 0. The lowest BCUT2D eigenvalue weighted by Gasteiger charge is -2.23. The number of nitrogens with one attached hydrogen (secondary N) is 1. The van der Waals surface area contributed by atoms with E-state index in [9.17, 15) is 8.78 Å². The number of fused-ring (bicyclic) bond motifs is 1. The van der Waals surface area contributed by atoms with Gasteiger partial charge in [-0.2, -0.15) is 0 Å². The quantitative estimate of drug-likeness (QED) is 0.715. The van der Waals surface area contributed by atoms with E-state index in [0.717, 1.165) is 12.5 Å². The lowest BCUT2D eigenvalue weighted by atomic mass is 10.1. The molecule has 0 unspecified atom stereocenters. The fraction of sp³-hybridized carbons (Fsp3) is 0.455. The predicted octanol–water partition coefficient (Wildman–Crippen LogP) is 2.94. The summed E-state index contributed by atoms with van der Waals surface area (Å²) in [6.07, 6.45) is 0.739. The normalized spacial score (nSPS) is 18.4. The van der Waals surface area contributed by atoms with Gasteiger partial charge in [0, 0.05) is 25.1 Å². The maximum Gasteiger partial charge on any atom is 0.153 e. The zero-order valence-corrected chi connectivity index (χ0v) is 8.73. The highest BCUT2D eigenvalue weighted by atomic mass is 19.1. The van der Waals surface area contributed by atoms with E-state index in [2.05, 4.69) is 5.32 Å². The number of halogens is 2. The Hall–Kier alpha value is -1.32. The summed E-state index contributed by atoms with van der Waals surface area (Å²) in [5.74, 6) is -0.983. The van der Waals surface area contributed by atoms with E-state index in [4.69, 9.17) is 4.74 Å². The summed E-state index contributed by atoms with van der Waals surface area (Å²) in [5, 5.41) is 2.91. The molecule has 0 spiro atoms. The average Bonchev–Trinajstić information content (AvgIpc) is 2.21. The molecule has 2 rings (SSSR count). The molecule has 1 heterocycles. The lowest BCUT2D eigenvalue weighted by Crippen LogP contribution is -2.28. The molecule has 82 valence electrons. The Morgan fingerprint density at radius 3 is 2.80 bits per heavy atom. The molecule has 1 N–H and O–H groups in total. The maximum atomic E-state index is 13.4. The molecule has 0 radical (unpaired) electrons. The summed E-state index contributed by atoms with van der Waals surface area (Å²) < 4.78 is 31.9. The Labute approximate surface area is 87.2 Å². The van der Waals surface area contributed by atoms with E-state index < -0.39 is 17.2 Å². The van der Waals surface area contributed by atoms with Crippen molar-refractivity contribution < 1.29 is 13.5 Å². The maximum absolute atomic E-state index is 13.4. The van der Waals surface area contributed by atoms with E-state index in [1.165, 1.54) is 6.07 Å². The molecule has 0 amide bonds. The highest BCUT2D eigenvalue weighted by Gasteiger charge is 2.26. The Morgan fingerprint density at radius 1 is 1.33 bits per heavy atom. The second-order valence-corrected chi connectivity index (χ2v) is 4.30. The summed E-state index contributed by atoms with van der Waals surface area (Å²) in [5.41, 5.74) is -0.152. The van der Waals surface area contributed by atoms with Crippen LogP contribution in [0.2, 0.25) is 0 Å². The van der Waals surface area contributed by atoms with Crippen molar-refractivity contribution in [1.82, 2.24) is 0 Å². The molecule has 4 heteroatoms. The van der Waals surface area contributed by atoms with Gasteiger partial charge >= 0.3 is 0 Å². The molecule has 0 aromatic heterocycles. The largest absolute Gasteiger partial charge is 0.485 e. The van der Waals surface area contributed by atoms with Crippen molar-refractivity contribution in [2.45, 2.75) is 25.9 Å². The van der Waals surface area contributed by atoms with Gasteiger partial charge in [0.25, 0.3) is 0 Å². The zero-order valence-electron chi connectivity index (χ0n) is 8.73. The minimum Gasteiger partial charge on any atom is -0.485 e. The Bertz CT molecular complexity index is 390. The van der Waals surface area contributed by atoms with Gasteiger partial charge in [-0.05, 0) is 13.8 Å².